The minimum absolute atomic E-state index is 0.000968. The molecule has 3 aliphatic rings. The van der Waals surface area contributed by atoms with Crippen molar-refractivity contribution in [3.63, 3.8) is 0 Å². The molecule has 1 saturated carbocycles. The zero-order valence-electron chi connectivity index (χ0n) is 16.7. The highest BCUT2D eigenvalue weighted by Gasteiger charge is 2.41. The molecule has 158 valence electrons. The number of carbonyl (C=O) groups is 2. The zero-order chi connectivity index (χ0) is 20.4. The molecule has 0 N–H and O–H groups in total. The predicted octanol–water partition coefficient (Wildman–Crippen LogP) is 1.45. The standard InChI is InChI=1S/C21H29N3O4S/c25-20-14-18(15-24(20)19-8-4-5-9-19)21(26)22-10-12-23(13-11-22)29(27,28)16-17-6-2-1-3-7-17/h1-3,6-7,18-19H,4-5,8-16H2. The van der Waals surface area contributed by atoms with E-state index in [4.69, 9.17) is 0 Å². The Kier molecular flexibility index (Phi) is 5.92. The number of hydrogen-bond acceptors (Lipinski definition) is 4. The van der Waals surface area contributed by atoms with Gasteiger partial charge in [-0.15, -0.1) is 0 Å². The van der Waals surface area contributed by atoms with Gasteiger partial charge in [0.05, 0.1) is 11.7 Å². The largest absolute Gasteiger partial charge is 0.340 e. The van der Waals surface area contributed by atoms with Gasteiger partial charge in [0, 0.05) is 45.2 Å². The molecule has 1 aromatic carbocycles. The summed E-state index contributed by atoms with van der Waals surface area (Å²) in [6.07, 6.45) is 4.70. The van der Waals surface area contributed by atoms with Crippen LogP contribution in [0.2, 0.25) is 0 Å². The third-order valence-electron chi connectivity index (χ3n) is 6.41. The highest BCUT2D eigenvalue weighted by molar-refractivity contribution is 7.88. The third-order valence-corrected chi connectivity index (χ3v) is 8.26. The molecule has 0 spiro atoms. The second-order valence-electron chi connectivity index (χ2n) is 8.35. The van der Waals surface area contributed by atoms with E-state index in [2.05, 4.69) is 0 Å². The van der Waals surface area contributed by atoms with Crippen molar-refractivity contribution in [2.45, 2.75) is 43.9 Å². The first-order valence-electron chi connectivity index (χ1n) is 10.5. The van der Waals surface area contributed by atoms with Gasteiger partial charge < -0.3 is 9.80 Å². The lowest BCUT2D eigenvalue weighted by Crippen LogP contribution is -2.52. The second-order valence-corrected chi connectivity index (χ2v) is 10.3. The van der Waals surface area contributed by atoms with Gasteiger partial charge >= 0.3 is 0 Å². The number of sulfonamides is 1. The average molecular weight is 420 g/mol. The molecule has 3 fully saturated rings. The van der Waals surface area contributed by atoms with E-state index in [1.165, 1.54) is 4.31 Å². The number of hydrogen-bond donors (Lipinski definition) is 0. The Morgan fingerprint density at radius 2 is 1.66 bits per heavy atom. The van der Waals surface area contributed by atoms with Crippen molar-refractivity contribution < 1.29 is 18.0 Å². The quantitative estimate of drug-likeness (QED) is 0.724. The zero-order valence-corrected chi connectivity index (χ0v) is 17.5. The van der Waals surface area contributed by atoms with E-state index in [0.29, 0.717) is 45.2 Å². The number of amides is 2. The van der Waals surface area contributed by atoms with Gasteiger partial charge in [0.2, 0.25) is 21.8 Å². The number of likely N-dealkylation sites (tertiary alicyclic amines) is 1. The van der Waals surface area contributed by atoms with Gasteiger partial charge in [-0.3, -0.25) is 9.59 Å². The fraction of sp³-hybridized carbons (Fsp3) is 0.619. The molecule has 8 heteroatoms. The summed E-state index contributed by atoms with van der Waals surface area (Å²) in [6.45, 7) is 1.93. The van der Waals surface area contributed by atoms with Crippen LogP contribution in [0.1, 0.15) is 37.7 Å². The molecular weight excluding hydrogens is 390 g/mol. The van der Waals surface area contributed by atoms with Crippen molar-refractivity contribution in [3.05, 3.63) is 35.9 Å². The Morgan fingerprint density at radius 1 is 1.00 bits per heavy atom. The SMILES string of the molecule is O=C(C1CC(=O)N(C2CCCC2)C1)N1CCN(S(=O)(=O)Cc2ccccc2)CC1. The minimum atomic E-state index is -3.40. The summed E-state index contributed by atoms with van der Waals surface area (Å²) in [4.78, 5) is 29.0. The molecule has 0 bridgehead atoms. The van der Waals surface area contributed by atoms with Crippen LogP contribution in [0.5, 0.6) is 0 Å². The van der Waals surface area contributed by atoms with Crippen LogP contribution >= 0.6 is 0 Å². The van der Waals surface area contributed by atoms with E-state index in [9.17, 15) is 18.0 Å². The van der Waals surface area contributed by atoms with Crippen molar-refractivity contribution in [3.8, 4) is 0 Å². The van der Waals surface area contributed by atoms with E-state index in [1.54, 1.807) is 4.90 Å². The summed E-state index contributed by atoms with van der Waals surface area (Å²) < 4.78 is 26.9. The molecule has 0 aromatic heterocycles. The van der Waals surface area contributed by atoms with Crippen LogP contribution in [0.4, 0.5) is 0 Å². The molecule has 2 amide bonds. The van der Waals surface area contributed by atoms with Gasteiger partial charge in [-0.05, 0) is 18.4 Å². The van der Waals surface area contributed by atoms with Crippen molar-refractivity contribution >= 4 is 21.8 Å². The van der Waals surface area contributed by atoms with Crippen LogP contribution in [-0.4, -0.2) is 73.1 Å². The third kappa shape index (κ3) is 4.48. The summed E-state index contributed by atoms with van der Waals surface area (Å²) in [5, 5.41) is 0. The lowest BCUT2D eigenvalue weighted by atomic mass is 10.1. The van der Waals surface area contributed by atoms with E-state index in [1.807, 2.05) is 35.2 Å². The Balaban J connectivity index is 1.31. The first-order valence-corrected chi connectivity index (χ1v) is 12.1. The van der Waals surface area contributed by atoms with Gasteiger partial charge in [-0.1, -0.05) is 43.2 Å². The first-order chi connectivity index (χ1) is 13.9. The average Bonchev–Trinajstić information content (AvgIpc) is 3.37. The highest BCUT2D eigenvalue weighted by Crippen LogP contribution is 2.30. The molecule has 1 aromatic rings. The van der Waals surface area contributed by atoms with Gasteiger partial charge in [0.1, 0.15) is 0 Å². The van der Waals surface area contributed by atoms with Crippen LogP contribution < -0.4 is 0 Å². The molecule has 1 unspecified atom stereocenters. The normalized spacial score (nSPS) is 24.4. The fourth-order valence-corrected chi connectivity index (χ4v) is 6.30. The maximum absolute atomic E-state index is 12.9. The predicted molar refractivity (Wildman–Crippen MR) is 109 cm³/mol. The molecule has 2 saturated heterocycles. The number of piperazine rings is 1. The fourth-order valence-electron chi connectivity index (χ4n) is 4.79. The molecule has 1 atom stereocenters. The minimum Gasteiger partial charge on any atom is -0.340 e. The van der Waals surface area contributed by atoms with E-state index >= 15 is 0 Å². The van der Waals surface area contributed by atoms with E-state index in [0.717, 1.165) is 31.2 Å². The van der Waals surface area contributed by atoms with Crippen LogP contribution in [0.25, 0.3) is 0 Å². The van der Waals surface area contributed by atoms with Crippen molar-refractivity contribution in [2.75, 3.05) is 32.7 Å². The Labute approximate surface area is 172 Å². The summed E-state index contributed by atoms with van der Waals surface area (Å²) in [6, 6.07) is 9.45. The molecular formula is C21H29N3O4S. The summed E-state index contributed by atoms with van der Waals surface area (Å²) in [5.74, 6) is -0.205. The molecule has 29 heavy (non-hydrogen) atoms. The van der Waals surface area contributed by atoms with E-state index < -0.39 is 10.0 Å². The van der Waals surface area contributed by atoms with E-state index in [-0.39, 0.29) is 23.5 Å². The molecule has 0 radical (unpaired) electrons. The number of carbonyl (C=O) groups excluding carboxylic acids is 2. The molecule has 4 rings (SSSR count). The molecule has 7 nitrogen and oxygen atoms in total. The molecule has 2 heterocycles. The number of rotatable bonds is 5. The van der Waals surface area contributed by atoms with Gasteiger partial charge in [0.25, 0.3) is 0 Å². The van der Waals surface area contributed by atoms with Gasteiger partial charge in [-0.2, -0.15) is 4.31 Å². The van der Waals surface area contributed by atoms with Crippen LogP contribution in [0, 0.1) is 5.92 Å². The van der Waals surface area contributed by atoms with Crippen LogP contribution in [0.15, 0.2) is 30.3 Å². The maximum Gasteiger partial charge on any atom is 0.228 e. The summed E-state index contributed by atoms with van der Waals surface area (Å²) >= 11 is 0. The Hall–Kier alpha value is -1.93. The summed E-state index contributed by atoms with van der Waals surface area (Å²) in [7, 11) is -3.40. The van der Waals surface area contributed by atoms with Crippen LogP contribution in [0.3, 0.4) is 0 Å². The highest BCUT2D eigenvalue weighted by atomic mass is 32.2. The second kappa shape index (κ2) is 8.44. The smallest absolute Gasteiger partial charge is 0.228 e. The monoisotopic (exact) mass is 419 g/mol. The Bertz CT molecular complexity index is 844. The number of benzene rings is 1. The number of nitrogens with zero attached hydrogens (tertiary/aromatic N) is 3. The van der Waals surface area contributed by atoms with Gasteiger partial charge in [-0.25, -0.2) is 8.42 Å². The maximum atomic E-state index is 12.9. The molecule has 1 aliphatic carbocycles. The van der Waals surface area contributed by atoms with Crippen molar-refractivity contribution in [2.24, 2.45) is 5.92 Å². The Morgan fingerprint density at radius 3 is 2.31 bits per heavy atom. The van der Waals surface area contributed by atoms with Gasteiger partial charge in [0.15, 0.2) is 0 Å². The van der Waals surface area contributed by atoms with Crippen LogP contribution in [-0.2, 0) is 25.4 Å². The first kappa shape index (κ1) is 20.3. The lowest BCUT2D eigenvalue weighted by Gasteiger charge is -2.35. The summed E-state index contributed by atoms with van der Waals surface area (Å²) in [5.41, 5.74) is 0.766. The topological polar surface area (TPSA) is 78.0 Å². The lowest BCUT2D eigenvalue weighted by molar-refractivity contribution is -0.137. The van der Waals surface area contributed by atoms with Crippen molar-refractivity contribution in [1.82, 2.24) is 14.1 Å². The molecule has 2 aliphatic heterocycles. The van der Waals surface area contributed by atoms with Crippen molar-refractivity contribution in [1.29, 1.82) is 0 Å².